The van der Waals surface area contributed by atoms with Gasteiger partial charge in [0.15, 0.2) is 0 Å². The van der Waals surface area contributed by atoms with Gasteiger partial charge in [-0.2, -0.15) is 0 Å². The number of unbranched alkanes of at least 4 members (excludes halogenated alkanes) is 18. The molecule has 46 heavy (non-hydrogen) atoms. The highest BCUT2D eigenvalue weighted by atomic mass is 16.4. The Morgan fingerprint density at radius 1 is 0.500 bits per heavy atom. The van der Waals surface area contributed by atoms with Crippen molar-refractivity contribution < 1.29 is 9.90 Å². The van der Waals surface area contributed by atoms with E-state index in [4.69, 9.17) is 0 Å². The van der Waals surface area contributed by atoms with E-state index < -0.39 is 5.97 Å². The van der Waals surface area contributed by atoms with Crippen LogP contribution < -0.4 is 0 Å². The SMILES string of the molecule is CCCCCC=CCC=CCCCCCCCCC(CCCCCCCCC=CCC=CCCCCC)C(CCC(=O)O)N(C)C. The molecule has 0 radical (unpaired) electrons. The third-order valence-corrected chi connectivity index (χ3v) is 9.41. The van der Waals surface area contributed by atoms with Gasteiger partial charge < -0.3 is 10.0 Å². The van der Waals surface area contributed by atoms with Crippen LogP contribution in [0.1, 0.15) is 194 Å². The first-order chi connectivity index (χ1) is 22.5. The first kappa shape index (κ1) is 44.4. The zero-order valence-electron chi connectivity index (χ0n) is 31.4. The molecule has 0 fully saturated rings. The number of hydrogen-bond acceptors (Lipinski definition) is 2. The van der Waals surface area contributed by atoms with Crippen molar-refractivity contribution >= 4 is 5.97 Å². The van der Waals surface area contributed by atoms with Gasteiger partial charge in [-0.05, 0) is 103 Å². The van der Waals surface area contributed by atoms with E-state index >= 15 is 0 Å². The normalized spacial score (nSPS) is 13.8. The summed E-state index contributed by atoms with van der Waals surface area (Å²) in [7, 11) is 4.30. The lowest BCUT2D eigenvalue weighted by Gasteiger charge is -2.32. The Labute approximate surface area is 288 Å². The lowest BCUT2D eigenvalue weighted by Crippen LogP contribution is -2.36. The van der Waals surface area contributed by atoms with Gasteiger partial charge in [0.05, 0.1) is 0 Å². The molecule has 268 valence electrons. The van der Waals surface area contributed by atoms with Crippen molar-refractivity contribution in [1.82, 2.24) is 4.90 Å². The van der Waals surface area contributed by atoms with Gasteiger partial charge in [-0.3, -0.25) is 4.79 Å². The summed E-state index contributed by atoms with van der Waals surface area (Å²) in [6, 6.07) is 0.382. The quantitative estimate of drug-likeness (QED) is 0.0553. The van der Waals surface area contributed by atoms with Crippen LogP contribution in [0.3, 0.4) is 0 Å². The van der Waals surface area contributed by atoms with E-state index in [0.29, 0.717) is 12.0 Å². The molecule has 3 heteroatoms. The van der Waals surface area contributed by atoms with E-state index in [1.165, 1.54) is 154 Å². The Hall–Kier alpha value is -1.61. The Balaban J connectivity index is 4.15. The van der Waals surface area contributed by atoms with E-state index in [1.54, 1.807) is 0 Å². The number of allylic oxidation sites excluding steroid dienone is 8. The first-order valence-corrected chi connectivity index (χ1v) is 20.0. The Kier molecular flexibility index (Phi) is 35.0. The molecule has 0 aromatic carbocycles. The minimum Gasteiger partial charge on any atom is -0.481 e. The van der Waals surface area contributed by atoms with Gasteiger partial charge in [0.2, 0.25) is 0 Å². The molecule has 0 aliphatic heterocycles. The number of rotatable bonds is 35. The smallest absolute Gasteiger partial charge is 0.303 e. The summed E-state index contributed by atoms with van der Waals surface area (Å²) in [5.41, 5.74) is 0. The van der Waals surface area contributed by atoms with Crippen LogP contribution in [0.25, 0.3) is 0 Å². The molecule has 0 bridgehead atoms. The number of hydrogen-bond donors (Lipinski definition) is 1. The maximum atomic E-state index is 11.4. The molecule has 3 nitrogen and oxygen atoms in total. The Morgan fingerprint density at radius 2 is 0.848 bits per heavy atom. The third kappa shape index (κ3) is 32.3. The summed E-state index contributed by atoms with van der Waals surface area (Å²) in [5, 5.41) is 9.34. The molecule has 0 saturated carbocycles. The molecule has 1 unspecified atom stereocenters. The van der Waals surface area contributed by atoms with Crippen molar-refractivity contribution in [2.24, 2.45) is 5.92 Å². The number of nitrogens with zero attached hydrogens (tertiary/aromatic N) is 1. The van der Waals surface area contributed by atoms with Crippen LogP contribution in [0, 0.1) is 5.92 Å². The highest BCUT2D eigenvalue weighted by Gasteiger charge is 2.23. The van der Waals surface area contributed by atoms with Crippen molar-refractivity contribution in [3.8, 4) is 0 Å². The molecule has 1 N–H and O–H groups in total. The van der Waals surface area contributed by atoms with E-state index in [2.05, 4.69) is 81.5 Å². The molecular weight excluding hydrogens is 562 g/mol. The largest absolute Gasteiger partial charge is 0.481 e. The van der Waals surface area contributed by atoms with Crippen molar-refractivity contribution in [2.45, 2.75) is 200 Å². The minimum atomic E-state index is -0.659. The zero-order chi connectivity index (χ0) is 33.8. The first-order valence-electron chi connectivity index (χ1n) is 20.0. The molecule has 1 atom stereocenters. The topological polar surface area (TPSA) is 40.5 Å². The molecule has 0 heterocycles. The fourth-order valence-electron chi connectivity index (χ4n) is 6.51. The third-order valence-electron chi connectivity index (χ3n) is 9.41. The van der Waals surface area contributed by atoms with Gasteiger partial charge in [0, 0.05) is 12.5 Å². The van der Waals surface area contributed by atoms with E-state index in [1.807, 2.05) is 0 Å². The second kappa shape index (κ2) is 36.2. The minimum absolute atomic E-state index is 0.284. The predicted molar refractivity (Wildman–Crippen MR) is 206 cm³/mol. The fourth-order valence-corrected chi connectivity index (χ4v) is 6.51. The summed E-state index contributed by atoms with van der Waals surface area (Å²) in [4.78, 5) is 13.7. The number of carboxylic acid groups (broad SMARTS) is 1. The van der Waals surface area contributed by atoms with E-state index in [9.17, 15) is 9.90 Å². The maximum Gasteiger partial charge on any atom is 0.303 e. The van der Waals surface area contributed by atoms with Crippen molar-refractivity contribution in [3.63, 3.8) is 0 Å². The summed E-state index contributed by atoms with van der Waals surface area (Å²) in [5.74, 6) is -0.0425. The molecular formula is C43H79NO2. The molecule has 0 rings (SSSR count). The second-order valence-electron chi connectivity index (χ2n) is 14.0. The van der Waals surface area contributed by atoms with Crippen molar-refractivity contribution in [2.75, 3.05) is 14.1 Å². The number of carbonyl (C=O) groups is 1. The Morgan fingerprint density at radius 3 is 1.20 bits per heavy atom. The van der Waals surface area contributed by atoms with Gasteiger partial charge >= 0.3 is 5.97 Å². The van der Waals surface area contributed by atoms with Crippen LogP contribution in [0.2, 0.25) is 0 Å². The van der Waals surface area contributed by atoms with Crippen LogP contribution in [-0.2, 0) is 4.79 Å². The van der Waals surface area contributed by atoms with E-state index in [0.717, 1.165) is 19.3 Å². The molecule has 0 saturated heterocycles. The summed E-state index contributed by atoms with van der Waals surface area (Å²) < 4.78 is 0. The highest BCUT2D eigenvalue weighted by Crippen LogP contribution is 2.27. The van der Waals surface area contributed by atoms with Crippen LogP contribution in [0.5, 0.6) is 0 Å². The predicted octanol–water partition coefficient (Wildman–Crippen LogP) is 13.8. The lowest BCUT2D eigenvalue weighted by molar-refractivity contribution is -0.137. The van der Waals surface area contributed by atoms with Crippen LogP contribution in [0.15, 0.2) is 48.6 Å². The standard InChI is InChI=1S/C43H79NO2/c1-5-7-9-11-13-15-17-19-21-23-25-27-29-31-33-35-37-41(42(44(3)4)39-40-43(45)46)38-36-34-32-30-28-26-24-22-20-18-16-14-12-10-8-6-2/h13-16,19-22,41-42H,5-12,17-18,23-40H2,1-4H3,(H,45,46). The fraction of sp³-hybridized carbons (Fsp3) is 0.791. The summed E-state index contributed by atoms with van der Waals surface area (Å²) in [6.07, 6.45) is 53.2. The zero-order valence-corrected chi connectivity index (χ0v) is 31.4. The monoisotopic (exact) mass is 642 g/mol. The van der Waals surface area contributed by atoms with Gasteiger partial charge in [-0.1, -0.05) is 152 Å². The Bertz CT molecular complexity index is 702. The van der Waals surface area contributed by atoms with Gasteiger partial charge in [-0.25, -0.2) is 0 Å². The average molecular weight is 642 g/mol. The van der Waals surface area contributed by atoms with Gasteiger partial charge in [0.25, 0.3) is 0 Å². The van der Waals surface area contributed by atoms with Crippen molar-refractivity contribution in [3.05, 3.63) is 48.6 Å². The second-order valence-corrected chi connectivity index (χ2v) is 14.0. The van der Waals surface area contributed by atoms with Crippen LogP contribution >= 0.6 is 0 Å². The highest BCUT2D eigenvalue weighted by molar-refractivity contribution is 5.66. The maximum absolute atomic E-state index is 11.4. The molecule has 0 aromatic rings. The number of carboxylic acids is 1. The van der Waals surface area contributed by atoms with Gasteiger partial charge in [0.1, 0.15) is 0 Å². The van der Waals surface area contributed by atoms with E-state index in [-0.39, 0.29) is 6.42 Å². The molecule has 0 aliphatic rings. The molecule has 0 aromatic heterocycles. The summed E-state index contributed by atoms with van der Waals surface area (Å²) in [6.45, 7) is 4.52. The van der Waals surface area contributed by atoms with Gasteiger partial charge in [-0.15, -0.1) is 0 Å². The average Bonchev–Trinajstić information content (AvgIpc) is 3.03. The summed E-state index contributed by atoms with van der Waals surface area (Å²) >= 11 is 0. The van der Waals surface area contributed by atoms with Crippen LogP contribution in [-0.4, -0.2) is 36.1 Å². The lowest BCUT2D eigenvalue weighted by atomic mass is 9.85. The van der Waals surface area contributed by atoms with Crippen LogP contribution in [0.4, 0.5) is 0 Å². The molecule has 0 amide bonds. The molecule has 0 aliphatic carbocycles. The number of aliphatic carboxylic acids is 1. The molecule has 0 spiro atoms. The van der Waals surface area contributed by atoms with Crippen molar-refractivity contribution in [1.29, 1.82) is 0 Å².